The molecule has 0 spiro atoms. The number of pyridine rings is 1. The first-order valence-corrected chi connectivity index (χ1v) is 18.5. The highest BCUT2D eigenvalue weighted by atomic mass is 35.5. The maximum absolute atomic E-state index is 14.3. The number of likely N-dealkylation sites (tertiary alicyclic amines) is 1. The number of methoxy groups -OCH3 is 1. The Morgan fingerprint density at radius 3 is 2.25 bits per heavy atom. The normalized spacial score (nSPS) is 19.4. The number of benzene rings is 3. The number of amides is 2. The van der Waals surface area contributed by atoms with Crippen molar-refractivity contribution in [3.63, 3.8) is 0 Å². The van der Waals surface area contributed by atoms with E-state index in [1.165, 1.54) is 6.07 Å². The molecule has 4 heterocycles. The van der Waals surface area contributed by atoms with Crippen molar-refractivity contribution < 1.29 is 27.5 Å². The first-order valence-electron chi connectivity index (χ1n) is 18.1. The average Bonchev–Trinajstić information content (AvgIpc) is 3.15. The van der Waals surface area contributed by atoms with E-state index in [1.807, 2.05) is 47.5 Å². The van der Waals surface area contributed by atoms with Crippen LogP contribution < -0.4 is 25.8 Å². The van der Waals surface area contributed by atoms with Crippen LogP contribution in [0.15, 0.2) is 65.6 Å². The third kappa shape index (κ3) is 7.75. The van der Waals surface area contributed by atoms with E-state index in [-0.39, 0.29) is 35.7 Å². The van der Waals surface area contributed by atoms with Gasteiger partial charge in [-0.25, -0.2) is 0 Å². The van der Waals surface area contributed by atoms with Gasteiger partial charge in [-0.2, -0.15) is 13.2 Å². The molecule has 280 valence electrons. The van der Waals surface area contributed by atoms with Crippen LogP contribution in [-0.2, 0) is 29.4 Å². The van der Waals surface area contributed by atoms with E-state index < -0.39 is 23.7 Å². The van der Waals surface area contributed by atoms with Gasteiger partial charge in [0.1, 0.15) is 11.8 Å². The first-order chi connectivity index (χ1) is 25.4. The van der Waals surface area contributed by atoms with E-state index in [4.69, 9.17) is 16.3 Å². The molecule has 13 heteroatoms. The molecule has 3 saturated heterocycles. The van der Waals surface area contributed by atoms with Crippen LogP contribution in [0, 0.1) is 11.8 Å². The second kappa shape index (κ2) is 15.1. The van der Waals surface area contributed by atoms with Crippen molar-refractivity contribution in [2.24, 2.45) is 18.9 Å². The molecule has 3 aromatic carbocycles. The Morgan fingerprint density at radius 2 is 1.58 bits per heavy atom. The van der Waals surface area contributed by atoms with Crippen LogP contribution in [0.25, 0.3) is 21.9 Å². The van der Waals surface area contributed by atoms with Crippen LogP contribution in [0.4, 0.5) is 24.5 Å². The molecule has 1 aromatic heterocycles. The van der Waals surface area contributed by atoms with Gasteiger partial charge in [0.2, 0.25) is 11.8 Å². The second-order valence-corrected chi connectivity index (χ2v) is 14.9. The average molecular weight is 750 g/mol. The number of nitrogens with one attached hydrogen (secondary N) is 2. The van der Waals surface area contributed by atoms with Crippen LogP contribution in [-0.4, -0.2) is 60.6 Å². The molecule has 0 saturated carbocycles. The van der Waals surface area contributed by atoms with Crippen LogP contribution in [0.5, 0.6) is 5.75 Å². The number of aromatic nitrogens is 1. The molecule has 3 aliphatic heterocycles. The van der Waals surface area contributed by atoms with E-state index in [9.17, 15) is 27.6 Å². The molecule has 53 heavy (non-hydrogen) atoms. The number of nitrogens with zero attached hydrogens (tertiary/aromatic N) is 3. The fraction of sp³-hybridized carbons (Fsp3) is 0.425. The monoisotopic (exact) mass is 749 g/mol. The molecule has 1 unspecified atom stereocenters. The van der Waals surface area contributed by atoms with Gasteiger partial charge in [0.05, 0.1) is 12.7 Å². The third-order valence-corrected chi connectivity index (χ3v) is 11.6. The summed E-state index contributed by atoms with van der Waals surface area (Å²) in [7, 11) is 3.38. The van der Waals surface area contributed by atoms with E-state index >= 15 is 0 Å². The Morgan fingerprint density at radius 1 is 0.906 bits per heavy atom. The van der Waals surface area contributed by atoms with Crippen molar-refractivity contribution >= 4 is 45.6 Å². The number of hydrogen-bond donors (Lipinski definition) is 2. The Labute approximate surface area is 311 Å². The van der Waals surface area contributed by atoms with E-state index in [0.717, 1.165) is 66.9 Å². The van der Waals surface area contributed by atoms with E-state index in [2.05, 4.69) is 15.5 Å². The summed E-state index contributed by atoms with van der Waals surface area (Å²) < 4.78 is 50.3. The summed E-state index contributed by atoms with van der Waals surface area (Å²) in [5, 5.41) is 7.21. The molecule has 4 aromatic rings. The van der Waals surface area contributed by atoms with Crippen LogP contribution in [0.3, 0.4) is 0 Å². The predicted octanol–water partition coefficient (Wildman–Crippen LogP) is 7.23. The molecule has 1 atom stereocenters. The molecule has 7 rings (SSSR count). The van der Waals surface area contributed by atoms with Gasteiger partial charge in [0.15, 0.2) is 0 Å². The number of anilines is 2. The first kappa shape index (κ1) is 36.8. The molecular weight excluding hydrogens is 707 g/mol. The number of fused-ring (bicyclic) bond motifs is 1. The zero-order chi connectivity index (χ0) is 37.4. The molecule has 3 aliphatic rings. The highest BCUT2D eigenvalue weighted by Gasteiger charge is 2.38. The largest absolute Gasteiger partial charge is 0.496 e. The number of carbonyl (C=O) groups excluding carboxylic acids is 2. The maximum atomic E-state index is 14.3. The second-order valence-electron chi connectivity index (χ2n) is 14.5. The van der Waals surface area contributed by atoms with Gasteiger partial charge in [-0.1, -0.05) is 29.8 Å². The van der Waals surface area contributed by atoms with Crippen molar-refractivity contribution in [1.82, 2.24) is 14.8 Å². The van der Waals surface area contributed by atoms with Crippen molar-refractivity contribution in [3.05, 3.63) is 87.3 Å². The van der Waals surface area contributed by atoms with Crippen molar-refractivity contribution in [2.45, 2.75) is 57.3 Å². The van der Waals surface area contributed by atoms with Gasteiger partial charge in [0.25, 0.3) is 5.56 Å². The van der Waals surface area contributed by atoms with Gasteiger partial charge in [-0.05, 0) is 104 Å². The predicted molar refractivity (Wildman–Crippen MR) is 200 cm³/mol. The van der Waals surface area contributed by atoms with Gasteiger partial charge >= 0.3 is 6.18 Å². The Balaban J connectivity index is 0.970. The molecule has 0 radical (unpaired) electrons. The lowest BCUT2D eigenvalue weighted by Crippen LogP contribution is -2.47. The number of ether oxygens (including phenoxy) is 1. The van der Waals surface area contributed by atoms with E-state index in [1.54, 1.807) is 24.8 Å². The highest BCUT2D eigenvalue weighted by Crippen LogP contribution is 2.42. The molecular formula is C40H43ClF3N5O4. The Kier molecular flexibility index (Phi) is 10.5. The molecule has 2 N–H and O–H groups in total. The smallest absolute Gasteiger partial charge is 0.418 e. The van der Waals surface area contributed by atoms with Gasteiger partial charge in [-0.3, -0.25) is 24.6 Å². The lowest BCUT2D eigenvalue weighted by atomic mass is 9.78. The van der Waals surface area contributed by atoms with E-state index in [0.29, 0.717) is 47.6 Å². The standard InChI is InChI=1S/C40H43ClF3N5O4/c1-47-22-30(28-5-3-4-6-29(28)39(47)52)26-19-33(41)31(36(20-26)53-2)23-48-15-11-24(12-16-48)25-13-17-49(18-14-25)35-9-7-27(21-32(35)40(42,43)44)45-34-8-10-37(50)46-38(34)51/h3-7,9,19-22,24-25,34,45H,8,10-18,23H2,1-2H3,(H,46,50,51). The molecule has 0 aliphatic carbocycles. The number of aryl methyl sites for hydroxylation is 1. The SMILES string of the molecule is COc1cc(-c2cn(C)c(=O)c3ccccc23)cc(Cl)c1CN1CCC(C2CCN(c3ccc(NC4CCC(=O)NC4=O)cc3C(F)(F)F)CC2)CC1. The number of halogens is 4. The summed E-state index contributed by atoms with van der Waals surface area (Å²) in [4.78, 5) is 40.6. The third-order valence-electron chi connectivity index (χ3n) is 11.2. The minimum Gasteiger partial charge on any atom is -0.496 e. The topological polar surface area (TPSA) is 95.9 Å². The summed E-state index contributed by atoms with van der Waals surface area (Å²) in [5.74, 6) is 0.712. The number of carbonyl (C=O) groups is 2. The molecule has 0 bridgehead atoms. The number of rotatable bonds is 8. The minimum absolute atomic E-state index is 0.0588. The van der Waals surface area contributed by atoms with Crippen molar-refractivity contribution in [1.29, 1.82) is 0 Å². The zero-order valence-corrected chi connectivity index (χ0v) is 30.5. The van der Waals surface area contributed by atoms with Crippen LogP contribution in [0.1, 0.15) is 49.7 Å². The fourth-order valence-corrected chi connectivity index (χ4v) is 8.60. The number of hydrogen-bond acceptors (Lipinski definition) is 7. The number of imide groups is 1. The van der Waals surface area contributed by atoms with Gasteiger partial charge in [0, 0.05) is 72.2 Å². The number of piperidine rings is 3. The Hall–Kier alpha value is -4.55. The van der Waals surface area contributed by atoms with Crippen molar-refractivity contribution in [3.8, 4) is 16.9 Å². The lowest BCUT2D eigenvalue weighted by molar-refractivity contribution is -0.137. The fourth-order valence-electron chi connectivity index (χ4n) is 8.33. The van der Waals surface area contributed by atoms with Crippen LogP contribution >= 0.6 is 11.6 Å². The van der Waals surface area contributed by atoms with Gasteiger partial charge < -0.3 is 19.5 Å². The molecule has 9 nitrogen and oxygen atoms in total. The lowest BCUT2D eigenvalue weighted by Gasteiger charge is -2.41. The van der Waals surface area contributed by atoms with Crippen LogP contribution in [0.2, 0.25) is 5.02 Å². The maximum Gasteiger partial charge on any atom is 0.418 e. The summed E-state index contributed by atoms with van der Waals surface area (Å²) in [6.07, 6.45) is 1.27. The minimum atomic E-state index is -4.57. The van der Waals surface area contributed by atoms with Gasteiger partial charge in [-0.15, -0.1) is 0 Å². The summed E-state index contributed by atoms with van der Waals surface area (Å²) in [6, 6.07) is 14.9. The summed E-state index contributed by atoms with van der Waals surface area (Å²) >= 11 is 6.94. The van der Waals surface area contributed by atoms with Crippen molar-refractivity contribution in [2.75, 3.05) is 43.5 Å². The quantitative estimate of drug-likeness (QED) is 0.184. The number of alkyl halides is 3. The Bertz CT molecular complexity index is 2090. The summed E-state index contributed by atoms with van der Waals surface area (Å²) in [6.45, 7) is 3.49. The molecule has 3 fully saturated rings. The zero-order valence-electron chi connectivity index (χ0n) is 29.8. The summed E-state index contributed by atoms with van der Waals surface area (Å²) in [5.41, 5.74) is 2.25. The highest BCUT2D eigenvalue weighted by molar-refractivity contribution is 6.32. The molecule has 2 amide bonds.